The van der Waals surface area contributed by atoms with Gasteiger partial charge in [-0.05, 0) is 42.9 Å². The number of urea groups is 1. The third kappa shape index (κ3) is 6.40. The van der Waals surface area contributed by atoms with Crippen LogP contribution in [-0.2, 0) is 6.42 Å². The Labute approximate surface area is 145 Å². The molecule has 5 heteroatoms. The second kappa shape index (κ2) is 9.52. The quantitative estimate of drug-likeness (QED) is 0.806. The zero-order chi connectivity index (χ0) is 17.4. The molecule has 0 bridgehead atoms. The molecule has 134 valence electrons. The van der Waals surface area contributed by atoms with Gasteiger partial charge in [0.25, 0.3) is 0 Å². The smallest absolute Gasteiger partial charge is 0.315 e. The number of methoxy groups -OCH3 is 1. The molecule has 1 aliphatic heterocycles. The molecular weight excluding hydrogens is 302 g/mol. The van der Waals surface area contributed by atoms with Crippen LogP contribution in [0.1, 0.15) is 32.3 Å². The standard InChI is InChI=1S/C19H31N3O2/c1-15(2)14-22-12-9-17(10-13-22)21-19(23)20-11-8-16-4-6-18(24-3)7-5-16/h4-7,15,17H,8-14H2,1-3H3,(H2,20,21,23). The van der Waals surface area contributed by atoms with Crippen LogP contribution in [0.15, 0.2) is 24.3 Å². The first-order valence-corrected chi connectivity index (χ1v) is 8.96. The van der Waals surface area contributed by atoms with Crippen LogP contribution in [0.3, 0.4) is 0 Å². The number of hydrogen-bond donors (Lipinski definition) is 2. The maximum Gasteiger partial charge on any atom is 0.315 e. The second-order valence-corrected chi connectivity index (χ2v) is 6.97. The van der Waals surface area contributed by atoms with Crippen LogP contribution in [-0.4, -0.2) is 50.3 Å². The molecule has 0 unspecified atom stereocenters. The number of piperidine rings is 1. The van der Waals surface area contributed by atoms with Gasteiger partial charge in [-0.1, -0.05) is 26.0 Å². The lowest BCUT2D eigenvalue weighted by molar-refractivity contribution is 0.178. The molecule has 1 aliphatic rings. The first kappa shape index (κ1) is 18.6. The number of carbonyl (C=O) groups excluding carboxylic acids is 1. The fraction of sp³-hybridized carbons (Fsp3) is 0.632. The molecule has 1 aromatic rings. The monoisotopic (exact) mass is 333 g/mol. The van der Waals surface area contributed by atoms with E-state index in [2.05, 4.69) is 29.4 Å². The average Bonchev–Trinajstić information content (AvgIpc) is 2.57. The van der Waals surface area contributed by atoms with Crippen LogP contribution in [0.2, 0.25) is 0 Å². The summed E-state index contributed by atoms with van der Waals surface area (Å²) >= 11 is 0. The minimum absolute atomic E-state index is 0.0502. The highest BCUT2D eigenvalue weighted by Crippen LogP contribution is 2.12. The molecule has 5 nitrogen and oxygen atoms in total. The highest BCUT2D eigenvalue weighted by atomic mass is 16.5. The second-order valence-electron chi connectivity index (χ2n) is 6.97. The SMILES string of the molecule is COc1ccc(CCNC(=O)NC2CCN(CC(C)C)CC2)cc1. The zero-order valence-corrected chi connectivity index (χ0v) is 15.2. The van der Waals surface area contributed by atoms with Crippen molar-refractivity contribution in [3.63, 3.8) is 0 Å². The summed E-state index contributed by atoms with van der Waals surface area (Å²) in [5, 5.41) is 6.06. The predicted octanol–water partition coefficient (Wildman–Crippen LogP) is 2.66. The van der Waals surface area contributed by atoms with Gasteiger partial charge in [0.2, 0.25) is 0 Å². The maximum absolute atomic E-state index is 12.0. The van der Waals surface area contributed by atoms with Crippen molar-refractivity contribution in [2.24, 2.45) is 5.92 Å². The number of rotatable bonds is 7. The predicted molar refractivity (Wildman–Crippen MR) is 97.5 cm³/mol. The van der Waals surface area contributed by atoms with E-state index in [9.17, 15) is 4.79 Å². The summed E-state index contributed by atoms with van der Waals surface area (Å²) in [6.45, 7) is 8.45. The number of likely N-dealkylation sites (tertiary alicyclic amines) is 1. The largest absolute Gasteiger partial charge is 0.497 e. The van der Waals surface area contributed by atoms with Gasteiger partial charge in [0.15, 0.2) is 0 Å². The van der Waals surface area contributed by atoms with E-state index in [1.165, 1.54) is 5.56 Å². The van der Waals surface area contributed by atoms with Gasteiger partial charge in [-0.2, -0.15) is 0 Å². The van der Waals surface area contributed by atoms with Gasteiger partial charge < -0.3 is 20.3 Å². The van der Waals surface area contributed by atoms with Crippen molar-refractivity contribution in [1.29, 1.82) is 0 Å². The fourth-order valence-electron chi connectivity index (χ4n) is 3.13. The third-order valence-electron chi connectivity index (χ3n) is 4.40. The summed E-state index contributed by atoms with van der Waals surface area (Å²) in [7, 11) is 1.66. The minimum atomic E-state index is -0.0502. The highest BCUT2D eigenvalue weighted by Gasteiger charge is 2.20. The van der Waals surface area contributed by atoms with E-state index in [0.29, 0.717) is 18.5 Å². The van der Waals surface area contributed by atoms with Crippen LogP contribution in [0.25, 0.3) is 0 Å². The molecule has 1 heterocycles. The first-order chi connectivity index (χ1) is 11.6. The fourth-order valence-corrected chi connectivity index (χ4v) is 3.13. The van der Waals surface area contributed by atoms with E-state index in [4.69, 9.17) is 4.74 Å². The Balaban J connectivity index is 1.61. The lowest BCUT2D eigenvalue weighted by atomic mass is 10.0. The molecule has 0 saturated carbocycles. The van der Waals surface area contributed by atoms with Crippen molar-refractivity contribution in [3.8, 4) is 5.75 Å². The minimum Gasteiger partial charge on any atom is -0.497 e. The highest BCUT2D eigenvalue weighted by molar-refractivity contribution is 5.74. The molecule has 1 fully saturated rings. The number of nitrogens with zero attached hydrogens (tertiary/aromatic N) is 1. The van der Waals surface area contributed by atoms with E-state index in [1.807, 2.05) is 24.3 Å². The number of benzene rings is 1. The van der Waals surface area contributed by atoms with E-state index in [-0.39, 0.29) is 6.03 Å². The molecule has 0 aliphatic carbocycles. The zero-order valence-electron chi connectivity index (χ0n) is 15.2. The van der Waals surface area contributed by atoms with Crippen LogP contribution in [0.4, 0.5) is 4.79 Å². The number of ether oxygens (including phenoxy) is 1. The van der Waals surface area contributed by atoms with Crippen molar-refractivity contribution in [3.05, 3.63) is 29.8 Å². The molecule has 0 atom stereocenters. The molecule has 2 N–H and O–H groups in total. The molecule has 2 amide bonds. The van der Waals surface area contributed by atoms with Crippen molar-refractivity contribution >= 4 is 6.03 Å². The lowest BCUT2D eigenvalue weighted by Crippen LogP contribution is -2.48. The average molecular weight is 333 g/mol. The Kier molecular flexibility index (Phi) is 7.37. The Morgan fingerprint density at radius 1 is 1.25 bits per heavy atom. The van der Waals surface area contributed by atoms with Crippen molar-refractivity contribution in [2.45, 2.75) is 39.2 Å². The normalized spacial score (nSPS) is 16.2. The van der Waals surface area contributed by atoms with E-state index >= 15 is 0 Å². The van der Waals surface area contributed by atoms with Crippen LogP contribution in [0, 0.1) is 5.92 Å². The Morgan fingerprint density at radius 3 is 2.50 bits per heavy atom. The number of amides is 2. The lowest BCUT2D eigenvalue weighted by Gasteiger charge is -2.33. The van der Waals surface area contributed by atoms with Crippen molar-refractivity contribution in [2.75, 3.05) is 33.3 Å². The molecular formula is C19H31N3O2. The van der Waals surface area contributed by atoms with E-state index < -0.39 is 0 Å². The number of nitrogens with one attached hydrogen (secondary N) is 2. The molecule has 24 heavy (non-hydrogen) atoms. The van der Waals surface area contributed by atoms with Gasteiger partial charge in [-0.3, -0.25) is 0 Å². The van der Waals surface area contributed by atoms with Crippen molar-refractivity contribution < 1.29 is 9.53 Å². The molecule has 0 spiro atoms. The van der Waals surface area contributed by atoms with E-state index in [0.717, 1.165) is 44.6 Å². The summed E-state index contributed by atoms with van der Waals surface area (Å²) in [5.41, 5.74) is 1.19. The van der Waals surface area contributed by atoms with Crippen molar-refractivity contribution in [1.82, 2.24) is 15.5 Å². The molecule has 1 saturated heterocycles. The Hall–Kier alpha value is -1.75. The molecule has 0 radical (unpaired) electrons. The summed E-state index contributed by atoms with van der Waals surface area (Å²) < 4.78 is 5.14. The van der Waals surface area contributed by atoms with Crippen LogP contribution < -0.4 is 15.4 Å². The molecule has 2 rings (SSSR count). The third-order valence-corrected chi connectivity index (χ3v) is 4.40. The maximum atomic E-state index is 12.0. The number of hydrogen-bond acceptors (Lipinski definition) is 3. The topological polar surface area (TPSA) is 53.6 Å². The Bertz CT molecular complexity index is 494. The Morgan fingerprint density at radius 2 is 1.92 bits per heavy atom. The van der Waals surface area contributed by atoms with E-state index in [1.54, 1.807) is 7.11 Å². The van der Waals surface area contributed by atoms with Gasteiger partial charge in [0, 0.05) is 32.2 Å². The van der Waals surface area contributed by atoms with Gasteiger partial charge in [-0.25, -0.2) is 4.79 Å². The number of carbonyl (C=O) groups is 1. The van der Waals surface area contributed by atoms with Gasteiger partial charge in [0.05, 0.1) is 7.11 Å². The summed E-state index contributed by atoms with van der Waals surface area (Å²) in [5.74, 6) is 1.56. The first-order valence-electron chi connectivity index (χ1n) is 8.96. The van der Waals surface area contributed by atoms with Crippen LogP contribution in [0.5, 0.6) is 5.75 Å². The summed E-state index contributed by atoms with van der Waals surface area (Å²) in [4.78, 5) is 14.5. The van der Waals surface area contributed by atoms with Gasteiger partial charge in [-0.15, -0.1) is 0 Å². The molecule has 0 aromatic heterocycles. The van der Waals surface area contributed by atoms with Crippen LogP contribution >= 0.6 is 0 Å². The summed E-state index contributed by atoms with van der Waals surface area (Å²) in [6, 6.07) is 8.20. The molecule has 1 aromatic carbocycles. The van der Waals surface area contributed by atoms with Gasteiger partial charge >= 0.3 is 6.03 Å². The van der Waals surface area contributed by atoms with Gasteiger partial charge in [0.1, 0.15) is 5.75 Å². The summed E-state index contributed by atoms with van der Waals surface area (Å²) in [6.07, 6.45) is 2.90.